The molecular formula is C15H16O5S. The van der Waals surface area contributed by atoms with Gasteiger partial charge in [0.2, 0.25) is 11.1 Å². The van der Waals surface area contributed by atoms with Crippen LogP contribution in [0.4, 0.5) is 0 Å². The Morgan fingerprint density at radius 1 is 1.14 bits per heavy atom. The largest absolute Gasteiger partial charge is 0.368 e. The molecule has 1 aromatic carbocycles. The lowest BCUT2D eigenvalue weighted by atomic mass is 9.67. The van der Waals surface area contributed by atoms with Crippen LogP contribution in [-0.2, 0) is 24.8 Å². The van der Waals surface area contributed by atoms with Gasteiger partial charge in [-0.15, -0.1) is 0 Å². The molecule has 0 radical (unpaired) electrons. The molecule has 112 valence electrons. The first-order chi connectivity index (χ1) is 10.1. The molecule has 3 aliphatic rings. The first kappa shape index (κ1) is 13.4. The van der Waals surface area contributed by atoms with Crippen LogP contribution in [0, 0.1) is 11.8 Å². The summed E-state index contributed by atoms with van der Waals surface area (Å²) in [4.78, 5) is 12.0. The number of carbonyl (C=O) groups excluding carboxylic acids is 1. The zero-order valence-electron chi connectivity index (χ0n) is 11.3. The van der Waals surface area contributed by atoms with E-state index in [1.807, 2.05) is 24.3 Å². The maximum Gasteiger partial charge on any atom is 0.324 e. The molecule has 6 heteroatoms. The Kier molecular flexibility index (Phi) is 3.13. The number of hydrogen-bond acceptors (Lipinski definition) is 5. The van der Waals surface area contributed by atoms with E-state index in [4.69, 9.17) is 8.92 Å². The van der Waals surface area contributed by atoms with Crippen LogP contribution in [0.1, 0.15) is 29.4 Å². The predicted molar refractivity (Wildman–Crippen MR) is 74.6 cm³/mol. The highest BCUT2D eigenvalue weighted by Crippen LogP contribution is 2.50. The lowest BCUT2D eigenvalue weighted by Crippen LogP contribution is -2.32. The van der Waals surface area contributed by atoms with E-state index in [1.54, 1.807) is 0 Å². The maximum absolute atomic E-state index is 12.0. The first-order valence-corrected chi connectivity index (χ1v) is 8.38. The Labute approximate surface area is 124 Å². The van der Waals surface area contributed by atoms with Crippen LogP contribution in [0.15, 0.2) is 24.3 Å². The third kappa shape index (κ3) is 2.05. The Balaban J connectivity index is 1.76. The molecule has 6 unspecified atom stereocenters. The van der Waals surface area contributed by atoms with Crippen LogP contribution < -0.4 is 0 Å². The predicted octanol–water partition coefficient (Wildman–Crippen LogP) is 1.06. The summed E-state index contributed by atoms with van der Waals surface area (Å²) in [6.07, 6.45) is -0.117. The molecule has 4 rings (SSSR count). The lowest BCUT2D eigenvalue weighted by molar-refractivity contribution is -0.136. The van der Waals surface area contributed by atoms with E-state index in [9.17, 15) is 14.1 Å². The van der Waals surface area contributed by atoms with Crippen LogP contribution in [-0.4, -0.2) is 33.9 Å². The summed E-state index contributed by atoms with van der Waals surface area (Å²) in [6, 6.07) is 7.98. The fraction of sp³-hybridized carbons (Fsp3) is 0.533. The molecule has 0 bridgehead atoms. The monoisotopic (exact) mass is 308 g/mol. The zero-order chi connectivity index (χ0) is 14.6. The van der Waals surface area contributed by atoms with Crippen molar-refractivity contribution in [2.24, 2.45) is 11.8 Å². The summed E-state index contributed by atoms with van der Waals surface area (Å²) in [7, 11) is 0. The molecule has 1 N–H and O–H groups in total. The number of benzene rings is 1. The molecule has 2 heterocycles. The van der Waals surface area contributed by atoms with Gasteiger partial charge < -0.3 is 14.0 Å². The number of carbonyl (C=O) groups is 1. The highest BCUT2D eigenvalue weighted by molar-refractivity contribution is 7.81. The number of fused-ring (bicyclic) bond motifs is 3. The highest BCUT2D eigenvalue weighted by atomic mass is 32.2. The van der Waals surface area contributed by atoms with E-state index >= 15 is 0 Å². The van der Waals surface area contributed by atoms with Gasteiger partial charge in [0.1, 0.15) is 0 Å². The van der Waals surface area contributed by atoms with Crippen molar-refractivity contribution in [2.45, 2.75) is 24.5 Å². The molecule has 2 fully saturated rings. The van der Waals surface area contributed by atoms with Crippen LogP contribution >= 0.6 is 0 Å². The molecule has 0 amide bonds. The van der Waals surface area contributed by atoms with Gasteiger partial charge in [0, 0.05) is 11.8 Å². The van der Waals surface area contributed by atoms with Gasteiger partial charge in [-0.3, -0.25) is 4.79 Å². The van der Waals surface area contributed by atoms with Crippen LogP contribution in [0.5, 0.6) is 0 Å². The second-order valence-electron chi connectivity index (χ2n) is 5.94. The molecule has 2 aliphatic heterocycles. The molecule has 5 nitrogen and oxygen atoms in total. The van der Waals surface area contributed by atoms with Crippen molar-refractivity contribution in [1.82, 2.24) is 0 Å². The molecule has 0 spiro atoms. The highest BCUT2D eigenvalue weighted by Gasteiger charge is 2.49. The van der Waals surface area contributed by atoms with Gasteiger partial charge in [0.15, 0.2) is 6.29 Å². The van der Waals surface area contributed by atoms with Gasteiger partial charge in [-0.2, -0.15) is 0 Å². The number of ether oxygens (including phenoxy) is 1. The second kappa shape index (κ2) is 4.90. The van der Waals surface area contributed by atoms with E-state index in [2.05, 4.69) is 0 Å². The summed E-state index contributed by atoms with van der Waals surface area (Å²) in [5, 5.41) is 10.0. The molecule has 0 aromatic heterocycles. The number of rotatable bonds is 1. The van der Waals surface area contributed by atoms with Crippen molar-refractivity contribution in [3.63, 3.8) is 0 Å². The second-order valence-corrected chi connectivity index (χ2v) is 7.05. The Bertz CT molecular complexity index is 616. The average Bonchev–Trinajstić information content (AvgIpc) is 3.01. The quantitative estimate of drug-likeness (QED) is 0.840. The van der Waals surface area contributed by atoms with Crippen molar-refractivity contribution < 1.29 is 23.0 Å². The minimum atomic E-state index is -1.52. The van der Waals surface area contributed by atoms with E-state index in [1.165, 1.54) is 0 Å². The summed E-state index contributed by atoms with van der Waals surface area (Å²) in [5.41, 5.74) is 2.25. The van der Waals surface area contributed by atoms with Crippen LogP contribution in [0.2, 0.25) is 0 Å². The number of aliphatic hydroxyl groups excluding tert-OH is 1. The summed E-state index contributed by atoms with van der Waals surface area (Å²) in [6.45, 7) is 0.511. The van der Waals surface area contributed by atoms with Crippen molar-refractivity contribution in [3.8, 4) is 0 Å². The number of aliphatic hydroxyl groups is 1. The van der Waals surface area contributed by atoms with Crippen molar-refractivity contribution in [1.29, 1.82) is 0 Å². The molecule has 1 aromatic rings. The molecule has 1 aliphatic carbocycles. The number of hydrogen-bond donors (Lipinski definition) is 1. The Hall–Kier alpha value is -1.24. The van der Waals surface area contributed by atoms with Gasteiger partial charge in [0.25, 0.3) is 0 Å². The van der Waals surface area contributed by atoms with E-state index in [0.29, 0.717) is 13.0 Å². The fourth-order valence-electron chi connectivity index (χ4n) is 3.92. The van der Waals surface area contributed by atoms with Crippen molar-refractivity contribution in [3.05, 3.63) is 35.4 Å². The molecule has 6 atom stereocenters. The lowest BCUT2D eigenvalue weighted by Gasteiger charge is -2.35. The Morgan fingerprint density at radius 3 is 2.52 bits per heavy atom. The van der Waals surface area contributed by atoms with Gasteiger partial charge in [-0.05, 0) is 23.5 Å². The van der Waals surface area contributed by atoms with E-state index < -0.39 is 17.4 Å². The molecular weight excluding hydrogens is 292 g/mol. The minimum absolute atomic E-state index is 0.00765. The Morgan fingerprint density at radius 2 is 1.86 bits per heavy atom. The van der Waals surface area contributed by atoms with Gasteiger partial charge in [-0.1, -0.05) is 24.3 Å². The van der Waals surface area contributed by atoms with Gasteiger partial charge >= 0.3 is 5.97 Å². The summed E-state index contributed by atoms with van der Waals surface area (Å²) >= 11 is -1.52. The first-order valence-electron chi connectivity index (χ1n) is 7.14. The normalized spacial score (nSPS) is 41.5. The molecule has 2 saturated heterocycles. The minimum Gasteiger partial charge on any atom is -0.368 e. The molecule has 21 heavy (non-hydrogen) atoms. The van der Waals surface area contributed by atoms with Crippen LogP contribution in [0.25, 0.3) is 0 Å². The zero-order valence-corrected chi connectivity index (χ0v) is 12.1. The maximum atomic E-state index is 12.0. The summed E-state index contributed by atoms with van der Waals surface area (Å²) < 4.78 is 21.7. The van der Waals surface area contributed by atoms with Crippen LogP contribution in [0.3, 0.4) is 0 Å². The standard InChI is InChI=1S/C15H16O5S/c16-14-11-5-10(13-7-21(18)20-15(13)17)8-3-1-2-4-9(8)12(11)6-19-14/h1-4,10-14,16H,5-7H2. The topological polar surface area (TPSA) is 72.8 Å². The van der Waals surface area contributed by atoms with Crippen molar-refractivity contribution >= 4 is 17.0 Å². The van der Waals surface area contributed by atoms with Crippen molar-refractivity contribution in [2.75, 3.05) is 12.4 Å². The van der Waals surface area contributed by atoms with E-state index in [0.717, 1.165) is 11.1 Å². The average molecular weight is 308 g/mol. The summed E-state index contributed by atoms with van der Waals surface area (Å²) in [5.74, 6) is -0.424. The van der Waals surface area contributed by atoms with Gasteiger partial charge in [0.05, 0.1) is 18.3 Å². The smallest absolute Gasteiger partial charge is 0.324 e. The molecule has 0 saturated carbocycles. The third-order valence-corrected chi connectivity index (χ3v) is 5.91. The third-order valence-electron chi connectivity index (χ3n) is 4.93. The SMILES string of the molecule is O=C1OS(=O)CC1C1CC2C(O)OCC2c2ccccc21. The fourth-order valence-corrected chi connectivity index (χ4v) is 4.96. The van der Waals surface area contributed by atoms with E-state index in [-0.39, 0.29) is 35.4 Å². The van der Waals surface area contributed by atoms with Gasteiger partial charge in [-0.25, -0.2) is 4.21 Å².